The number of rotatable bonds is 5. The second-order valence-corrected chi connectivity index (χ2v) is 8.71. The van der Waals surface area contributed by atoms with Crippen molar-refractivity contribution < 1.29 is 32.7 Å². The number of Topliss-reactive ketones (excluding diaryl/α,β-unsaturated/α-hetero) is 1. The molecule has 0 spiro atoms. The van der Waals surface area contributed by atoms with Crippen LogP contribution in [-0.2, 0) is 4.79 Å². The number of fused-ring (bicyclic) bond motifs is 2. The fourth-order valence-corrected chi connectivity index (χ4v) is 5.12. The molecule has 2 aliphatic carbocycles. The Morgan fingerprint density at radius 3 is 2.39 bits per heavy atom. The van der Waals surface area contributed by atoms with Crippen LogP contribution in [0.25, 0.3) is 0 Å². The molecule has 3 aliphatic rings. The van der Waals surface area contributed by atoms with Gasteiger partial charge in [0.2, 0.25) is 0 Å². The highest BCUT2D eigenvalue weighted by molar-refractivity contribution is 6.23. The van der Waals surface area contributed by atoms with Crippen molar-refractivity contribution in [3.8, 4) is 0 Å². The zero-order chi connectivity index (χ0) is 24.1. The molecule has 0 bridgehead atoms. The molecule has 3 atom stereocenters. The number of halogens is 3. The lowest BCUT2D eigenvalue weighted by atomic mass is 9.74. The third-order valence-corrected chi connectivity index (χ3v) is 6.97. The summed E-state index contributed by atoms with van der Waals surface area (Å²) in [4.78, 5) is 39.7. The van der Waals surface area contributed by atoms with Gasteiger partial charge in [-0.25, -0.2) is 0 Å². The monoisotopic (exact) mass is 463 g/mol. The van der Waals surface area contributed by atoms with Crippen molar-refractivity contribution in [3.05, 3.63) is 40.8 Å². The van der Waals surface area contributed by atoms with Gasteiger partial charge in [-0.1, -0.05) is 19.9 Å². The number of alkyl halides is 3. The standard InChI is InChI=1S/C23H24F3N3O4/c1-3-12(4-2)29-21(32)14-6-5-7-16(17(14)22(29)33)27-28-18-19(30)13-9-8-11(23(24,25)26)10-15(13)20(18)31/h5-7,11-13,15,31H,3-4,8-10H2,1-2H3. The summed E-state index contributed by atoms with van der Waals surface area (Å²) < 4.78 is 39.4. The van der Waals surface area contributed by atoms with Crippen LogP contribution < -0.4 is 0 Å². The lowest BCUT2D eigenvalue weighted by Crippen LogP contribution is -2.39. The second-order valence-electron chi connectivity index (χ2n) is 8.71. The predicted octanol–water partition coefficient (Wildman–Crippen LogP) is 5.50. The minimum absolute atomic E-state index is 0.00879. The summed E-state index contributed by atoms with van der Waals surface area (Å²) in [5.41, 5.74) is -0.0614. The first-order valence-corrected chi connectivity index (χ1v) is 11.1. The third-order valence-electron chi connectivity index (χ3n) is 6.97. The van der Waals surface area contributed by atoms with Crippen LogP contribution in [0.5, 0.6) is 0 Å². The molecule has 1 aromatic rings. The molecule has 0 aromatic heterocycles. The van der Waals surface area contributed by atoms with Crippen molar-refractivity contribution in [2.24, 2.45) is 28.0 Å². The van der Waals surface area contributed by atoms with E-state index in [0.29, 0.717) is 12.8 Å². The van der Waals surface area contributed by atoms with Crippen molar-refractivity contribution >= 4 is 23.3 Å². The Hall–Kier alpha value is -3.04. The van der Waals surface area contributed by atoms with Crippen LogP contribution in [0.1, 0.15) is 66.7 Å². The van der Waals surface area contributed by atoms with Crippen molar-refractivity contribution in [3.63, 3.8) is 0 Å². The number of allylic oxidation sites excluding steroid dienone is 2. The van der Waals surface area contributed by atoms with E-state index in [1.165, 1.54) is 23.1 Å². The highest BCUT2D eigenvalue weighted by atomic mass is 19.4. The van der Waals surface area contributed by atoms with E-state index in [1.807, 2.05) is 13.8 Å². The molecular formula is C23H24F3N3O4. The van der Waals surface area contributed by atoms with Gasteiger partial charge >= 0.3 is 6.18 Å². The van der Waals surface area contributed by atoms with Gasteiger partial charge in [-0.15, -0.1) is 10.2 Å². The lowest BCUT2D eigenvalue weighted by molar-refractivity contribution is -0.188. The number of carbonyl (C=O) groups excluding carboxylic acids is 3. The molecule has 3 unspecified atom stereocenters. The maximum Gasteiger partial charge on any atom is 0.391 e. The molecule has 2 amide bonds. The topological polar surface area (TPSA) is 99.4 Å². The molecule has 7 nitrogen and oxygen atoms in total. The second kappa shape index (κ2) is 8.39. The van der Waals surface area contributed by atoms with Crippen molar-refractivity contribution in [2.45, 2.75) is 58.2 Å². The number of imide groups is 1. The lowest BCUT2D eigenvalue weighted by Gasteiger charge is -2.31. The minimum Gasteiger partial charge on any atom is -0.510 e. The Bertz CT molecular complexity index is 1080. The number of hydrogen-bond acceptors (Lipinski definition) is 6. The van der Waals surface area contributed by atoms with E-state index < -0.39 is 47.3 Å². The fraction of sp³-hybridized carbons (Fsp3) is 0.522. The maximum absolute atomic E-state index is 13.1. The number of nitrogens with zero attached hydrogens (tertiary/aromatic N) is 3. The number of aliphatic hydroxyl groups is 1. The molecule has 0 saturated heterocycles. The average molecular weight is 463 g/mol. The normalized spacial score (nSPS) is 25.6. The molecular weight excluding hydrogens is 439 g/mol. The highest BCUT2D eigenvalue weighted by Gasteiger charge is 2.52. The van der Waals surface area contributed by atoms with E-state index >= 15 is 0 Å². The predicted molar refractivity (Wildman–Crippen MR) is 111 cm³/mol. The van der Waals surface area contributed by atoms with Crippen LogP contribution in [0, 0.1) is 17.8 Å². The molecule has 1 aromatic carbocycles. The zero-order valence-electron chi connectivity index (χ0n) is 18.2. The molecule has 1 fully saturated rings. The summed E-state index contributed by atoms with van der Waals surface area (Å²) >= 11 is 0. The van der Waals surface area contributed by atoms with Crippen LogP contribution >= 0.6 is 0 Å². The Balaban J connectivity index is 1.64. The molecule has 1 N–H and O–H groups in total. The van der Waals surface area contributed by atoms with Crippen LogP contribution in [0.15, 0.2) is 39.9 Å². The van der Waals surface area contributed by atoms with E-state index in [9.17, 15) is 32.7 Å². The maximum atomic E-state index is 13.1. The summed E-state index contributed by atoms with van der Waals surface area (Å²) in [5, 5.41) is 18.3. The number of azo groups is 1. The van der Waals surface area contributed by atoms with Gasteiger partial charge in [-0.2, -0.15) is 13.2 Å². The van der Waals surface area contributed by atoms with E-state index in [-0.39, 0.29) is 47.8 Å². The largest absolute Gasteiger partial charge is 0.510 e. The number of aliphatic hydroxyl groups excluding tert-OH is 1. The van der Waals surface area contributed by atoms with Crippen LogP contribution in [0.3, 0.4) is 0 Å². The summed E-state index contributed by atoms with van der Waals surface area (Å²) in [6.07, 6.45) is -3.75. The molecule has 1 heterocycles. The van der Waals surface area contributed by atoms with Crippen LogP contribution in [0.2, 0.25) is 0 Å². The zero-order valence-corrected chi connectivity index (χ0v) is 18.2. The number of hydrogen-bond donors (Lipinski definition) is 1. The molecule has 10 heteroatoms. The van der Waals surface area contributed by atoms with Crippen molar-refractivity contribution in [1.82, 2.24) is 4.90 Å². The summed E-state index contributed by atoms with van der Waals surface area (Å²) in [7, 11) is 0. The molecule has 1 aliphatic heterocycles. The van der Waals surface area contributed by atoms with E-state index in [2.05, 4.69) is 10.2 Å². The fourth-order valence-electron chi connectivity index (χ4n) is 5.12. The summed E-state index contributed by atoms with van der Waals surface area (Å²) in [5.74, 6) is -5.25. The Labute approximate surface area is 188 Å². The van der Waals surface area contributed by atoms with Gasteiger partial charge in [0.25, 0.3) is 11.8 Å². The van der Waals surface area contributed by atoms with E-state index in [0.717, 1.165) is 0 Å². The number of carbonyl (C=O) groups is 3. The molecule has 1 saturated carbocycles. The quantitative estimate of drug-likeness (QED) is 0.460. The smallest absolute Gasteiger partial charge is 0.391 e. The van der Waals surface area contributed by atoms with Gasteiger partial charge in [-0.05, 0) is 44.2 Å². The summed E-state index contributed by atoms with van der Waals surface area (Å²) in [6.45, 7) is 3.75. The number of benzene rings is 1. The Kier molecular flexibility index (Phi) is 5.88. The van der Waals surface area contributed by atoms with Gasteiger partial charge in [-0.3, -0.25) is 19.3 Å². The Morgan fingerprint density at radius 2 is 1.76 bits per heavy atom. The average Bonchev–Trinajstić information content (AvgIpc) is 3.18. The summed E-state index contributed by atoms with van der Waals surface area (Å²) in [6, 6.07) is 4.25. The van der Waals surface area contributed by atoms with Gasteiger partial charge < -0.3 is 5.11 Å². The van der Waals surface area contributed by atoms with Crippen LogP contribution in [-0.4, -0.2) is 39.8 Å². The first kappa shape index (κ1) is 23.1. The SMILES string of the molecule is CCC(CC)N1C(=O)c2cccc(N=NC3=C(O)C4CC(C(F)(F)F)CCC4C3=O)c2C1=O. The van der Waals surface area contributed by atoms with Crippen molar-refractivity contribution in [1.29, 1.82) is 0 Å². The van der Waals surface area contributed by atoms with Gasteiger partial charge in [0, 0.05) is 17.9 Å². The van der Waals surface area contributed by atoms with Crippen molar-refractivity contribution in [2.75, 3.05) is 0 Å². The van der Waals surface area contributed by atoms with E-state index in [4.69, 9.17) is 0 Å². The first-order valence-electron chi connectivity index (χ1n) is 11.1. The third kappa shape index (κ3) is 3.75. The Morgan fingerprint density at radius 1 is 1.06 bits per heavy atom. The van der Waals surface area contributed by atoms with Crippen LogP contribution in [0.4, 0.5) is 18.9 Å². The van der Waals surface area contributed by atoms with Gasteiger partial charge in [0.15, 0.2) is 11.5 Å². The van der Waals surface area contributed by atoms with E-state index in [1.54, 1.807) is 0 Å². The molecule has 4 rings (SSSR count). The number of ketones is 1. The molecule has 33 heavy (non-hydrogen) atoms. The first-order chi connectivity index (χ1) is 15.6. The van der Waals surface area contributed by atoms with Gasteiger partial charge in [0.1, 0.15) is 5.76 Å². The molecule has 0 radical (unpaired) electrons. The van der Waals surface area contributed by atoms with Gasteiger partial charge in [0.05, 0.1) is 22.7 Å². The number of amides is 2. The molecule has 176 valence electrons. The minimum atomic E-state index is -4.39. The highest BCUT2D eigenvalue weighted by Crippen LogP contribution is 2.49.